The van der Waals surface area contributed by atoms with Gasteiger partial charge in [-0.1, -0.05) is 91.0 Å². The average molecular weight is 756 g/mol. The summed E-state index contributed by atoms with van der Waals surface area (Å²) in [4.78, 5) is 83.6. The van der Waals surface area contributed by atoms with Crippen molar-refractivity contribution in [2.45, 2.75) is 76.5 Å². The maximum Gasteiger partial charge on any atom is 0.870 e. The molecule has 3 aromatic rings. The molecule has 3 amide bonds. The molecule has 0 aliphatic carbocycles. The fourth-order valence-electron chi connectivity index (χ4n) is 6.69. The summed E-state index contributed by atoms with van der Waals surface area (Å²) in [7, 11) is -2.21. The van der Waals surface area contributed by atoms with Gasteiger partial charge in [0.05, 0.1) is 0 Å². The van der Waals surface area contributed by atoms with E-state index in [9.17, 15) is 28.8 Å². The summed E-state index contributed by atoms with van der Waals surface area (Å²) in [6.45, 7) is 0.527. The van der Waals surface area contributed by atoms with Gasteiger partial charge >= 0.3 is 43.5 Å². The molecule has 0 unspecified atom stereocenters. The molecule has 16 heteroatoms. The minimum absolute atomic E-state index is 0.0207. The fourth-order valence-corrected chi connectivity index (χ4v) is 6.69. The molecular weight excluding hydrogens is 713 g/mol. The fraction of sp³-hybridized carbons (Fsp3) is 0.385. The highest BCUT2D eigenvalue weighted by molar-refractivity contribution is 6.44. The van der Waals surface area contributed by atoms with Crippen LogP contribution in [-0.2, 0) is 62.4 Å². The van der Waals surface area contributed by atoms with Gasteiger partial charge in [-0.15, -0.1) is 0 Å². The van der Waals surface area contributed by atoms with Crippen molar-refractivity contribution in [1.29, 1.82) is 0 Å². The van der Waals surface area contributed by atoms with Gasteiger partial charge in [0.15, 0.2) is 0 Å². The minimum atomic E-state index is -2.21. The first-order valence-corrected chi connectivity index (χ1v) is 18.3. The lowest BCUT2D eigenvalue weighted by atomic mass is 10.1. The molecule has 0 aromatic heterocycles. The Labute approximate surface area is 318 Å². The van der Waals surface area contributed by atoms with E-state index in [4.69, 9.17) is 28.2 Å². The topological polar surface area (TPSA) is 168 Å². The Balaban J connectivity index is 1.12. The Morgan fingerprint density at radius 2 is 0.727 bits per heavy atom. The van der Waals surface area contributed by atoms with Crippen LogP contribution >= 0.6 is 0 Å². The zero-order chi connectivity index (χ0) is 38.6. The number of ether oxygens (including phenoxy) is 3. The normalized spacial score (nSPS) is 19.0. The molecule has 3 aliphatic rings. The summed E-state index contributed by atoms with van der Waals surface area (Å²) in [6.07, 6.45) is -0.262. The number of likely N-dealkylation sites (tertiary alicyclic amines) is 3. The molecule has 288 valence electrons. The Morgan fingerprint density at radius 1 is 0.455 bits per heavy atom. The van der Waals surface area contributed by atoms with E-state index >= 15 is 0 Å². The molecule has 0 radical (unpaired) electrons. The van der Waals surface area contributed by atoms with Gasteiger partial charge in [-0.3, -0.25) is 29.1 Å². The molecule has 3 aromatic carbocycles. The molecule has 0 spiro atoms. The highest BCUT2D eigenvalue weighted by Gasteiger charge is 2.48. The average Bonchev–Trinajstić information content (AvgIpc) is 4.01. The first-order valence-electron chi connectivity index (χ1n) is 18.3. The predicted octanol–water partition coefficient (Wildman–Crippen LogP) is 5.00. The van der Waals surface area contributed by atoms with Gasteiger partial charge in [-0.25, -0.2) is 14.4 Å². The van der Waals surface area contributed by atoms with Crippen LogP contribution in [0.25, 0.3) is 0 Å². The van der Waals surface area contributed by atoms with Gasteiger partial charge in [0.2, 0.25) is 0 Å². The summed E-state index contributed by atoms with van der Waals surface area (Å²) < 4.78 is 32.8. The zero-order valence-electron chi connectivity index (χ0n) is 30.2. The number of hydrogen-bond acceptors (Lipinski definition) is 12. The summed E-state index contributed by atoms with van der Waals surface area (Å²) in [5, 5.41) is 0. The van der Waals surface area contributed by atoms with Crippen LogP contribution in [0, 0.1) is 0 Å². The monoisotopic (exact) mass is 755 g/mol. The first kappa shape index (κ1) is 38.7. The van der Waals surface area contributed by atoms with Crippen molar-refractivity contribution in [2.75, 3.05) is 19.6 Å². The van der Waals surface area contributed by atoms with Gasteiger partial charge in [0, 0.05) is 19.6 Å². The van der Waals surface area contributed by atoms with Crippen LogP contribution in [-0.4, -0.2) is 96.0 Å². The van der Waals surface area contributed by atoms with Gasteiger partial charge in [-0.05, 0) is 55.2 Å². The van der Waals surface area contributed by atoms with E-state index in [1.807, 2.05) is 18.2 Å². The van der Waals surface area contributed by atoms with E-state index in [1.165, 1.54) is 14.7 Å². The van der Waals surface area contributed by atoms with Crippen LogP contribution in [0.2, 0.25) is 0 Å². The van der Waals surface area contributed by atoms with Crippen molar-refractivity contribution in [2.24, 2.45) is 0 Å². The lowest BCUT2D eigenvalue weighted by Crippen LogP contribution is -2.49. The highest BCUT2D eigenvalue weighted by Crippen LogP contribution is 2.25. The van der Waals surface area contributed by atoms with Crippen LogP contribution < -0.4 is 0 Å². The second-order valence-electron chi connectivity index (χ2n) is 13.3. The third-order valence-electron chi connectivity index (χ3n) is 9.53. The lowest BCUT2D eigenvalue weighted by molar-refractivity contribution is -0.153. The SMILES string of the molecule is O=C(OB(OC(=O)[C@@H]1CCCN1C(=O)OCc1ccccc1)OC(=O)[C@@H]1CCCN1C(=O)OCc1ccccc1)[C@@H]1CCCN1C(=O)OCc1ccccc1. The van der Waals surface area contributed by atoms with Crippen LogP contribution in [0.5, 0.6) is 0 Å². The summed E-state index contributed by atoms with van der Waals surface area (Å²) >= 11 is 0. The second-order valence-corrected chi connectivity index (χ2v) is 13.3. The van der Waals surface area contributed by atoms with E-state index in [-0.39, 0.29) is 58.7 Å². The minimum Gasteiger partial charge on any atom is -0.460 e. The van der Waals surface area contributed by atoms with Crippen molar-refractivity contribution in [1.82, 2.24) is 14.7 Å². The number of carbonyl (C=O) groups excluding carboxylic acids is 6. The third kappa shape index (κ3) is 10.3. The standard InChI is InChI=1S/C39H42BN3O12/c44-34(31-19-10-22-41(31)37(47)50-25-28-13-4-1-5-14-28)53-40(54-35(45)32-20-11-23-42(32)38(48)51-26-29-15-6-2-7-16-29)55-36(46)33-21-12-24-43(33)39(49)52-27-30-17-8-3-9-18-30/h1-9,13-18,31-33H,10-12,19-27H2/t31-,32-,33-/m0/s1. The molecular formula is C39H42BN3O12. The van der Waals surface area contributed by atoms with Crippen LogP contribution in [0.15, 0.2) is 91.0 Å². The van der Waals surface area contributed by atoms with Crippen molar-refractivity contribution in [3.63, 3.8) is 0 Å². The van der Waals surface area contributed by atoms with E-state index in [2.05, 4.69) is 0 Å². The van der Waals surface area contributed by atoms with E-state index in [1.54, 1.807) is 72.8 Å². The Bertz CT molecular complexity index is 1590. The Morgan fingerprint density at radius 3 is 1.00 bits per heavy atom. The Hall–Kier alpha value is -6.06. The molecule has 0 N–H and O–H groups in total. The van der Waals surface area contributed by atoms with Gasteiger partial charge in [-0.2, -0.15) is 0 Å². The molecule has 3 saturated heterocycles. The van der Waals surface area contributed by atoms with Crippen molar-refractivity contribution in [3.05, 3.63) is 108 Å². The van der Waals surface area contributed by atoms with E-state index < -0.39 is 61.6 Å². The number of rotatable bonds is 12. The number of amides is 3. The van der Waals surface area contributed by atoms with Crippen molar-refractivity contribution >= 4 is 43.5 Å². The zero-order valence-corrected chi connectivity index (χ0v) is 30.2. The molecule has 6 rings (SSSR count). The Kier molecular flexibility index (Phi) is 13.2. The van der Waals surface area contributed by atoms with Crippen molar-refractivity contribution in [3.8, 4) is 0 Å². The molecule has 3 fully saturated rings. The number of hydrogen-bond donors (Lipinski definition) is 0. The molecule has 0 bridgehead atoms. The number of carbonyl (C=O) groups is 6. The quantitative estimate of drug-likeness (QED) is 0.180. The third-order valence-corrected chi connectivity index (χ3v) is 9.53. The predicted molar refractivity (Wildman–Crippen MR) is 193 cm³/mol. The van der Waals surface area contributed by atoms with E-state index in [0.717, 1.165) is 16.7 Å². The maximum atomic E-state index is 13.6. The highest BCUT2D eigenvalue weighted by atomic mass is 16.8. The van der Waals surface area contributed by atoms with Crippen LogP contribution in [0.1, 0.15) is 55.2 Å². The van der Waals surface area contributed by atoms with Crippen LogP contribution in [0.3, 0.4) is 0 Å². The number of nitrogens with zero attached hydrogens (tertiary/aromatic N) is 3. The molecule has 55 heavy (non-hydrogen) atoms. The smallest absolute Gasteiger partial charge is 0.460 e. The number of benzene rings is 3. The van der Waals surface area contributed by atoms with E-state index in [0.29, 0.717) is 19.3 Å². The summed E-state index contributed by atoms with van der Waals surface area (Å²) in [5.41, 5.74) is 2.26. The molecule has 0 saturated carbocycles. The molecule has 15 nitrogen and oxygen atoms in total. The molecule has 3 heterocycles. The van der Waals surface area contributed by atoms with Crippen molar-refractivity contribution < 1.29 is 56.9 Å². The van der Waals surface area contributed by atoms with Gasteiger partial charge in [0.25, 0.3) is 0 Å². The van der Waals surface area contributed by atoms with Gasteiger partial charge in [0.1, 0.15) is 37.9 Å². The molecule has 3 aliphatic heterocycles. The summed E-state index contributed by atoms with van der Waals surface area (Å²) in [5.74, 6) is -3.01. The largest absolute Gasteiger partial charge is 0.870 e. The maximum absolute atomic E-state index is 13.6. The molecule has 3 atom stereocenters. The van der Waals surface area contributed by atoms with Crippen LogP contribution in [0.4, 0.5) is 14.4 Å². The van der Waals surface area contributed by atoms with Gasteiger partial charge < -0.3 is 28.2 Å². The lowest BCUT2D eigenvalue weighted by Gasteiger charge is -2.26. The summed E-state index contributed by atoms with van der Waals surface area (Å²) in [6, 6.07) is 23.7. The first-order chi connectivity index (χ1) is 26.8. The second kappa shape index (κ2) is 18.8.